The molecule has 26 heavy (non-hydrogen) atoms. The lowest BCUT2D eigenvalue weighted by Gasteiger charge is -2.26. The van der Waals surface area contributed by atoms with E-state index < -0.39 is 0 Å². The molecule has 1 aliphatic rings. The molecule has 1 unspecified atom stereocenters. The van der Waals surface area contributed by atoms with Crippen molar-refractivity contribution in [3.8, 4) is 11.8 Å². The van der Waals surface area contributed by atoms with E-state index in [-0.39, 0.29) is 25.0 Å². The Hall–Kier alpha value is -1.40. The fourth-order valence-corrected chi connectivity index (χ4v) is 3.27. The van der Waals surface area contributed by atoms with Crippen LogP contribution in [-0.2, 0) is 9.47 Å². The zero-order valence-corrected chi connectivity index (χ0v) is 16.9. The smallest absolute Gasteiger partial charge is 0.158 e. The fourth-order valence-electron chi connectivity index (χ4n) is 2.91. The minimum Gasteiger partial charge on any atom is -0.393 e. The lowest BCUT2D eigenvalue weighted by molar-refractivity contribution is -0.188. The maximum atomic E-state index is 9.83. The van der Waals surface area contributed by atoms with Gasteiger partial charge < -0.3 is 19.1 Å². The second-order valence-corrected chi connectivity index (χ2v) is 7.49. The van der Waals surface area contributed by atoms with Crippen molar-refractivity contribution in [1.82, 2.24) is 9.55 Å². The highest BCUT2D eigenvalue weighted by atomic mass is 127. The third kappa shape index (κ3) is 5.07. The lowest BCUT2D eigenvalue weighted by atomic mass is 10.2. The van der Waals surface area contributed by atoms with Crippen LogP contribution in [0.4, 0.5) is 0 Å². The summed E-state index contributed by atoms with van der Waals surface area (Å²) in [6.07, 6.45) is 6.24. The van der Waals surface area contributed by atoms with Gasteiger partial charge in [0.1, 0.15) is 18.0 Å². The SMILES string of the molecule is C[C@H](OC1CCCCO1)c1nccn1[C@@H](C#Cc1ccc(I)cc1)CO. The van der Waals surface area contributed by atoms with Crippen LogP contribution in [0.5, 0.6) is 0 Å². The second kappa shape index (κ2) is 9.51. The topological polar surface area (TPSA) is 56.5 Å². The minimum atomic E-state index is -0.370. The molecule has 0 bridgehead atoms. The Kier molecular flexibility index (Phi) is 7.08. The highest BCUT2D eigenvalue weighted by molar-refractivity contribution is 14.1. The molecule has 3 atom stereocenters. The van der Waals surface area contributed by atoms with Crippen LogP contribution in [0.1, 0.15) is 49.7 Å². The van der Waals surface area contributed by atoms with Gasteiger partial charge >= 0.3 is 0 Å². The number of imidazole rings is 1. The van der Waals surface area contributed by atoms with Crippen LogP contribution in [-0.4, -0.2) is 34.2 Å². The highest BCUT2D eigenvalue weighted by Gasteiger charge is 2.22. The summed E-state index contributed by atoms with van der Waals surface area (Å²) in [6.45, 7) is 2.61. The standard InChI is InChI=1S/C20H23IN2O3/c1-15(26-19-4-2-3-13-25-19)20-22-11-12-23(20)18(14-24)10-7-16-5-8-17(21)9-6-16/h5-6,8-9,11-12,15,18-19,24H,2-4,13-14H2,1H3/t15-,18-,19?/m0/s1. The average Bonchev–Trinajstić information content (AvgIpc) is 3.14. The molecule has 2 aromatic rings. The molecule has 6 heteroatoms. The molecule has 0 aliphatic carbocycles. The number of rotatable bonds is 5. The maximum Gasteiger partial charge on any atom is 0.158 e. The molecular formula is C20H23IN2O3. The van der Waals surface area contributed by atoms with Gasteiger partial charge in [0, 0.05) is 28.1 Å². The predicted octanol–water partition coefficient (Wildman–Crippen LogP) is 3.68. The van der Waals surface area contributed by atoms with E-state index in [1.807, 2.05) is 42.0 Å². The van der Waals surface area contributed by atoms with Gasteiger partial charge in [0.05, 0.1) is 6.61 Å². The van der Waals surface area contributed by atoms with Gasteiger partial charge in [-0.15, -0.1) is 0 Å². The Morgan fingerprint density at radius 2 is 2.19 bits per heavy atom. The van der Waals surface area contributed by atoms with Gasteiger partial charge in [0.25, 0.3) is 0 Å². The number of aromatic nitrogens is 2. The van der Waals surface area contributed by atoms with Gasteiger partial charge in [0.2, 0.25) is 0 Å². The van der Waals surface area contributed by atoms with Crippen molar-refractivity contribution >= 4 is 22.6 Å². The van der Waals surface area contributed by atoms with Crippen LogP contribution in [0.2, 0.25) is 0 Å². The zero-order chi connectivity index (χ0) is 18.4. The molecule has 1 saturated heterocycles. The number of benzene rings is 1. The predicted molar refractivity (Wildman–Crippen MR) is 107 cm³/mol. The third-order valence-electron chi connectivity index (χ3n) is 4.29. The molecule has 3 rings (SSSR count). The fraction of sp³-hybridized carbons (Fsp3) is 0.450. The van der Waals surface area contributed by atoms with Crippen LogP contribution < -0.4 is 0 Å². The number of aliphatic hydroxyl groups excluding tert-OH is 1. The number of aliphatic hydroxyl groups is 1. The molecule has 0 radical (unpaired) electrons. The van der Waals surface area contributed by atoms with E-state index in [1.54, 1.807) is 6.20 Å². The van der Waals surface area contributed by atoms with Crippen LogP contribution in [0.25, 0.3) is 0 Å². The summed E-state index contributed by atoms with van der Waals surface area (Å²) in [6, 6.07) is 7.61. The highest BCUT2D eigenvalue weighted by Crippen LogP contribution is 2.24. The van der Waals surface area contributed by atoms with Crippen LogP contribution >= 0.6 is 22.6 Å². The van der Waals surface area contributed by atoms with Gasteiger partial charge in [-0.05, 0) is 73.0 Å². The van der Waals surface area contributed by atoms with E-state index in [0.29, 0.717) is 0 Å². The van der Waals surface area contributed by atoms with E-state index in [0.717, 1.165) is 37.3 Å². The van der Waals surface area contributed by atoms with E-state index >= 15 is 0 Å². The molecule has 0 saturated carbocycles. The summed E-state index contributed by atoms with van der Waals surface area (Å²) >= 11 is 2.26. The van der Waals surface area contributed by atoms with E-state index in [4.69, 9.17) is 9.47 Å². The maximum absolute atomic E-state index is 9.83. The van der Waals surface area contributed by atoms with Crippen molar-refractivity contribution < 1.29 is 14.6 Å². The Labute approximate surface area is 167 Å². The zero-order valence-electron chi connectivity index (χ0n) is 14.8. The Bertz CT molecular complexity index is 757. The molecule has 1 aromatic carbocycles. The quantitative estimate of drug-likeness (QED) is 0.540. The van der Waals surface area contributed by atoms with Crippen molar-refractivity contribution in [2.24, 2.45) is 0 Å². The summed E-state index contributed by atoms with van der Waals surface area (Å²) in [5.41, 5.74) is 0.922. The molecule has 138 valence electrons. The second-order valence-electron chi connectivity index (χ2n) is 6.24. The molecule has 1 fully saturated rings. The number of ether oxygens (including phenoxy) is 2. The lowest BCUT2D eigenvalue weighted by Crippen LogP contribution is -2.25. The number of nitrogens with zero attached hydrogens (tertiary/aromatic N) is 2. The molecule has 1 aromatic heterocycles. The third-order valence-corrected chi connectivity index (χ3v) is 5.01. The Balaban J connectivity index is 1.73. The van der Waals surface area contributed by atoms with Crippen LogP contribution in [0.15, 0.2) is 36.7 Å². The first kappa shape index (κ1) is 19.4. The van der Waals surface area contributed by atoms with Crippen LogP contribution in [0.3, 0.4) is 0 Å². The van der Waals surface area contributed by atoms with Gasteiger partial charge in [-0.25, -0.2) is 4.98 Å². The van der Waals surface area contributed by atoms with Crippen molar-refractivity contribution in [2.75, 3.05) is 13.2 Å². The van der Waals surface area contributed by atoms with Gasteiger partial charge in [-0.2, -0.15) is 0 Å². The molecule has 5 nitrogen and oxygen atoms in total. The average molecular weight is 466 g/mol. The van der Waals surface area contributed by atoms with Crippen molar-refractivity contribution in [3.05, 3.63) is 51.6 Å². The summed E-state index contributed by atoms with van der Waals surface area (Å²) in [5, 5.41) is 9.83. The first-order valence-electron chi connectivity index (χ1n) is 8.85. The summed E-state index contributed by atoms with van der Waals surface area (Å²) in [5.74, 6) is 7.02. The number of hydrogen-bond donors (Lipinski definition) is 1. The van der Waals surface area contributed by atoms with E-state index in [1.165, 1.54) is 3.57 Å². The van der Waals surface area contributed by atoms with E-state index in [9.17, 15) is 5.11 Å². The summed E-state index contributed by atoms with van der Waals surface area (Å²) < 4.78 is 14.7. The van der Waals surface area contributed by atoms with Gasteiger partial charge in [-0.1, -0.05) is 11.8 Å². The minimum absolute atomic E-state index is 0.0899. The normalized spacial score (nSPS) is 19.4. The summed E-state index contributed by atoms with van der Waals surface area (Å²) in [4.78, 5) is 4.42. The molecule has 2 heterocycles. The van der Waals surface area contributed by atoms with Crippen molar-refractivity contribution in [1.29, 1.82) is 0 Å². The van der Waals surface area contributed by atoms with Crippen LogP contribution in [0, 0.1) is 15.4 Å². The molecule has 0 amide bonds. The number of halogens is 1. The monoisotopic (exact) mass is 466 g/mol. The molecule has 1 N–H and O–H groups in total. The van der Waals surface area contributed by atoms with Crippen molar-refractivity contribution in [3.63, 3.8) is 0 Å². The Morgan fingerprint density at radius 3 is 2.88 bits per heavy atom. The molecule has 1 aliphatic heterocycles. The molecule has 0 spiro atoms. The van der Waals surface area contributed by atoms with Gasteiger partial charge in [0.15, 0.2) is 6.29 Å². The Morgan fingerprint density at radius 1 is 1.38 bits per heavy atom. The first-order valence-corrected chi connectivity index (χ1v) is 9.93. The molecular weight excluding hydrogens is 443 g/mol. The first-order chi connectivity index (χ1) is 12.7. The van der Waals surface area contributed by atoms with E-state index in [2.05, 4.69) is 39.4 Å². The largest absolute Gasteiger partial charge is 0.393 e. The van der Waals surface area contributed by atoms with Gasteiger partial charge in [-0.3, -0.25) is 0 Å². The van der Waals surface area contributed by atoms with Crippen molar-refractivity contribution in [2.45, 2.75) is 44.6 Å². The number of hydrogen-bond acceptors (Lipinski definition) is 4. The summed E-state index contributed by atoms with van der Waals surface area (Å²) in [7, 11) is 0.